The zero-order chi connectivity index (χ0) is 22.2. The fourth-order valence-electron chi connectivity index (χ4n) is 2.71. The number of anilines is 1. The van der Waals surface area contributed by atoms with Crippen LogP contribution in [0.4, 0.5) is 10.1 Å². The van der Waals surface area contributed by atoms with Crippen LogP contribution < -0.4 is 14.8 Å². The number of benzene rings is 2. The lowest BCUT2D eigenvalue weighted by molar-refractivity contribution is -0.113. The Morgan fingerprint density at radius 1 is 1.16 bits per heavy atom. The molecule has 0 unspecified atom stereocenters. The molecule has 1 aromatic heterocycles. The van der Waals surface area contributed by atoms with Gasteiger partial charge in [0, 0.05) is 12.2 Å². The van der Waals surface area contributed by atoms with E-state index in [-0.39, 0.29) is 23.3 Å². The molecule has 0 aliphatic rings. The van der Waals surface area contributed by atoms with Crippen molar-refractivity contribution >= 4 is 35.0 Å². The van der Waals surface area contributed by atoms with Gasteiger partial charge < -0.3 is 19.4 Å². The molecule has 7 nitrogen and oxygen atoms in total. The fraction of sp³-hybridized carbons (Fsp3) is 0.286. The molecule has 0 saturated heterocycles. The molecule has 3 rings (SSSR count). The molecule has 0 radical (unpaired) electrons. The molecule has 1 amide bonds. The number of carbonyl (C=O) groups is 1. The van der Waals surface area contributed by atoms with Gasteiger partial charge in [-0.15, -0.1) is 10.2 Å². The van der Waals surface area contributed by atoms with Crippen LogP contribution in [0.1, 0.15) is 19.7 Å². The van der Waals surface area contributed by atoms with Crippen LogP contribution in [0.25, 0.3) is 0 Å². The summed E-state index contributed by atoms with van der Waals surface area (Å²) in [6.07, 6.45) is 0. The molecule has 1 N–H and O–H groups in total. The highest BCUT2D eigenvalue weighted by atomic mass is 35.5. The van der Waals surface area contributed by atoms with Gasteiger partial charge in [0.2, 0.25) is 5.91 Å². The molecule has 1 heterocycles. The largest absolute Gasteiger partial charge is 0.494 e. The first-order chi connectivity index (χ1) is 15.0. The van der Waals surface area contributed by atoms with E-state index in [1.54, 1.807) is 24.3 Å². The van der Waals surface area contributed by atoms with Gasteiger partial charge in [-0.1, -0.05) is 23.4 Å². The summed E-state index contributed by atoms with van der Waals surface area (Å²) in [7, 11) is 0. The van der Waals surface area contributed by atoms with E-state index in [2.05, 4.69) is 15.5 Å². The van der Waals surface area contributed by atoms with Gasteiger partial charge in [-0.25, -0.2) is 4.39 Å². The van der Waals surface area contributed by atoms with Crippen LogP contribution in [-0.2, 0) is 17.9 Å². The minimum atomic E-state index is -0.434. The first kappa shape index (κ1) is 22.9. The van der Waals surface area contributed by atoms with Crippen LogP contribution in [-0.4, -0.2) is 33.0 Å². The van der Waals surface area contributed by atoms with Crippen LogP contribution in [0.2, 0.25) is 5.02 Å². The van der Waals surface area contributed by atoms with Gasteiger partial charge in [0.05, 0.1) is 17.4 Å². The number of nitrogens with one attached hydrogen (secondary N) is 1. The molecule has 0 aliphatic carbocycles. The summed E-state index contributed by atoms with van der Waals surface area (Å²) in [6, 6.07) is 11.1. The average Bonchev–Trinajstić information content (AvgIpc) is 3.15. The average molecular weight is 465 g/mol. The van der Waals surface area contributed by atoms with Crippen molar-refractivity contribution in [2.24, 2.45) is 0 Å². The molecule has 2 aromatic carbocycles. The summed E-state index contributed by atoms with van der Waals surface area (Å²) in [4.78, 5) is 12.3. The molecular weight excluding hydrogens is 443 g/mol. The van der Waals surface area contributed by atoms with Crippen LogP contribution in [0, 0.1) is 5.82 Å². The number of carbonyl (C=O) groups excluding carboxylic acids is 1. The van der Waals surface area contributed by atoms with Gasteiger partial charge in [-0.3, -0.25) is 4.79 Å². The number of hydrogen-bond donors (Lipinski definition) is 1. The second-order valence-corrected chi connectivity index (χ2v) is 7.65. The Bertz CT molecular complexity index is 1030. The molecule has 0 atom stereocenters. The number of rotatable bonds is 10. The van der Waals surface area contributed by atoms with Gasteiger partial charge in [0.1, 0.15) is 23.9 Å². The number of ether oxygens (including phenoxy) is 2. The minimum Gasteiger partial charge on any atom is -0.494 e. The Hall–Kier alpha value is -2.78. The Labute approximate surface area is 188 Å². The number of thioether (sulfide) groups is 1. The van der Waals surface area contributed by atoms with Crippen LogP contribution in [0.15, 0.2) is 47.6 Å². The number of nitrogens with zero attached hydrogens (tertiary/aromatic N) is 3. The van der Waals surface area contributed by atoms with Gasteiger partial charge >= 0.3 is 0 Å². The highest BCUT2D eigenvalue weighted by Crippen LogP contribution is 2.26. The van der Waals surface area contributed by atoms with E-state index >= 15 is 0 Å². The van der Waals surface area contributed by atoms with E-state index < -0.39 is 5.82 Å². The molecule has 0 saturated carbocycles. The smallest absolute Gasteiger partial charge is 0.234 e. The van der Waals surface area contributed by atoms with Crippen LogP contribution in [0.5, 0.6) is 11.5 Å². The number of aromatic nitrogens is 3. The number of amides is 1. The Kier molecular flexibility index (Phi) is 8.13. The predicted molar refractivity (Wildman–Crippen MR) is 118 cm³/mol. The lowest BCUT2D eigenvalue weighted by Crippen LogP contribution is -2.15. The van der Waals surface area contributed by atoms with E-state index in [1.165, 1.54) is 30.0 Å². The van der Waals surface area contributed by atoms with Gasteiger partial charge in [-0.2, -0.15) is 0 Å². The fourth-order valence-corrected chi connectivity index (χ4v) is 3.76. The third-order valence-electron chi connectivity index (χ3n) is 4.14. The van der Waals surface area contributed by atoms with Gasteiger partial charge in [-0.05, 0) is 56.3 Å². The van der Waals surface area contributed by atoms with Crippen molar-refractivity contribution in [1.82, 2.24) is 14.8 Å². The lowest BCUT2D eigenvalue weighted by atomic mass is 10.3. The summed E-state index contributed by atoms with van der Waals surface area (Å²) in [5.74, 6) is 1.28. The molecule has 10 heteroatoms. The molecule has 31 heavy (non-hydrogen) atoms. The maximum Gasteiger partial charge on any atom is 0.234 e. The highest BCUT2D eigenvalue weighted by molar-refractivity contribution is 7.99. The Balaban J connectivity index is 1.55. The van der Waals surface area contributed by atoms with Crippen molar-refractivity contribution in [3.63, 3.8) is 0 Å². The molecule has 0 aliphatic heterocycles. The molecule has 0 spiro atoms. The second kappa shape index (κ2) is 11.0. The monoisotopic (exact) mass is 464 g/mol. The van der Waals surface area contributed by atoms with E-state index in [9.17, 15) is 9.18 Å². The Morgan fingerprint density at radius 2 is 1.94 bits per heavy atom. The maximum absolute atomic E-state index is 13.2. The minimum absolute atomic E-state index is 0.116. The third-order valence-corrected chi connectivity index (χ3v) is 5.40. The van der Waals surface area contributed by atoms with Crippen LogP contribution in [0.3, 0.4) is 0 Å². The summed E-state index contributed by atoms with van der Waals surface area (Å²) >= 11 is 7.27. The summed E-state index contributed by atoms with van der Waals surface area (Å²) in [6.45, 7) is 5.17. The maximum atomic E-state index is 13.2. The number of hydrogen-bond acceptors (Lipinski definition) is 6. The van der Waals surface area contributed by atoms with Gasteiger partial charge in [0.25, 0.3) is 0 Å². The van der Waals surface area contributed by atoms with Crippen molar-refractivity contribution in [2.45, 2.75) is 32.2 Å². The predicted octanol–water partition coefficient (Wildman–Crippen LogP) is 4.80. The van der Waals surface area contributed by atoms with E-state index in [4.69, 9.17) is 21.1 Å². The highest BCUT2D eigenvalue weighted by Gasteiger charge is 2.14. The van der Waals surface area contributed by atoms with Crippen molar-refractivity contribution in [3.05, 3.63) is 59.1 Å². The summed E-state index contributed by atoms with van der Waals surface area (Å²) in [5, 5.41) is 11.9. The van der Waals surface area contributed by atoms with Crippen molar-refractivity contribution in [1.29, 1.82) is 0 Å². The van der Waals surface area contributed by atoms with E-state index in [0.717, 1.165) is 5.75 Å². The molecule has 0 bridgehead atoms. The quantitative estimate of drug-likeness (QED) is 0.434. The molecule has 164 valence electrons. The summed E-state index contributed by atoms with van der Waals surface area (Å²) < 4.78 is 26.0. The first-order valence-corrected chi connectivity index (χ1v) is 11.0. The first-order valence-electron chi connectivity index (χ1n) is 9.65. The normalized spacial score (nSPS) is 10.7. The Morgan fingerprint density at radius 3 is 2.61 bits per heavy atom. The van der Waals surface area contributed by atoms with E-state index in [1.807, 2.05) is 18.4 Å². The third kappa shape index (κ3) is 6.35. The number of halogens is 2. The zero-order valence-electron chi connectivity index (χ0n) is 17.1. The van der Waals surface area contributed by atoms with Crippen molar-refractivity contribution in [3.8, 4) is 11.5 Å². The SMILES string of the molecule is CCOc1ccc(NC(=O)CSc2nnc(COc3ccc(F)cc3Cl)n2CC)cc1. The van der Waals surface area contributed by atoms with E-state index in [0.29, 0.717) is 35.6 Å². The van der Waals surface area contributed by atoms with Crippen molar-refractivity contribution < 1.29 is 18.7 Å². The lowest BCUT2D eigenvalue weighted by Gasteiger charge is -2.10. The zero-order valence-corrected chi connectivity index (χ0v) is 18.7. The van der Waals surface area contributed by atoms with Crippen LogP contribution >= 0.6 is 23.4 Å². The van der Waals surface area contributed by atoms with Crippen molar-refractivity contribution in [2.75, 3.05) is 17.7 Å². The second-order valence-electron chi connectivity index (χ2n) is 6.30. The molecule has 0 fully saturated rings. The topological polar surface area (TPSA) is 78.3 Å². The molecular formula is C21H22ClFN4O3S. The molecule has 3 aromatic rings. The van der Waals surface area contributed by atoms with Gasteiger partial charge in [0.15, 0.2) is 11.0 Å². The summed E-state index contributed by atoms with van der Waals surface area (Å²) in [5.41, 5.74) is 0.691. The standard InChI is InChI=1S/C21H22ClFN4O3S/c1-3-27-19(12-30-18-10-5-14(23)11-17(18)22)25-26-21(27)31-13-20(28)24-15-6-8-16(9-7-15)29-4-2/h5-11H,3-4,12-13H2,1-2H3,(H,24,28).